The van der Waals surface area contributed by atoms with E-state index in [1.165, 1.54) is 22.3 Å². The lowest BCUT2D eigenvalue weighted by atomic mass is 9.50. The molecule has 30 heavy (non-hydrogen) atoms. The van der Waals surface area contributed by atoms with Crippen LogP contribution in [-0.2, 0) is 4.79 Å². The number of phenolic OH excluding ortho intramolecular Hbond substituents is 1. The Morgan fingerprint density at radius 1 is 1.13 bits per heavy atom. The average Bonchev–Trinajstić information content (AvgIpc) is 2.99. The van der Waals surface area contributed by atoms with Crippen molar-refractivity contribution in [2.45, 2.75) is 70.3 Å². The maximum Gasteiger partial charge on any atom is 0.156 e. The molecule has 0 amide bonds. The highest BCUT2D eigenvalue weighted by Gasteiger charge is 2.63. The molecule has 0 unspecified atom stereocenters. The molecule has 0 aromatic heterocycles. The first-order chi connectivity index (χ1) is 14.2. The second-order valence-corrected chi connectivity index (χ2v) is 10.3. The zero-order chi connectivity index (χ0) is 21.3. The van der Waals surface area contributed by atoms with Gasteiger partial charge in [-0.25, -0.2) is 0 Å². The molecule has 0 heterocycles. The zero-order valence-electron chi connectivity index (χ0n) is 18.1. The van der Waals surface area contributed by atoms with Crippen LogP contribution in [0, 0.1) is 17.3 Å². The van der Waals surface area contributed by atoms with Crippen LogP contribution in [0.15, 0.2) is 59.2 Å². The van der Waals surface area contributed by atoms with E-state index in [-0.39, 0.29) is 22.9 Å². The Morgan fingerprint density at radius 2 is 1.87 bits per heavy atom. The molecule has 158 valence electrons. The van der Waals surface area contributed by atoms with E-state index in [0.29, 0.717) is 18.3 Å². The summed E-state index contributed by atoms with van der Waals surface area (Å²) >= 11 is 0. The number of aliphatic hydroxyl groups is 1. The highest BCUT2D eigenvalue weighted by molar-refractivity contribution is 5.93. The first-order valence-corrected chi connectivity index (χ1v) is 11.4. The van der Waals surface area contributed by atoms with E-state index in [2.05, 4.69) is 13.5 Å². The van der Waals surface area contributed by atoms with Gasteiger partial charge in [-0.1, -0.05) is 31.2 Å². The molecule has 0 radical (unpaired) electrons. The zero-order valence-corrected chi connectivity index (χ0v) is 18.1. The van der Waals surface area contributed by atoms with Crippen molar-refractivity contribution < 1.29 is 15.0 Å². The third-order valence-corrected chi connectivity index (χ3v) is 8.89. The molecule has 2 N–H and O–H groups in total. The van der Waals surface area contributed by atoms with Crippen molar-refractivity contribution in [1.82, 2.24) is 0 Å². The Balaban J connectivity index is 1.70. The minimum Gasteiger partial charge on any atom is -0.508 e. The van der Waals surface area contributed by atoms with E-state index in [0.717, 1.165) is 44.1 Å². The number of allylic oxidation sites excluding steroid dienone is 4. The smallest absolute Gasteiger partial charge is 0.156 e. The maximum absolute atomic E-state index is 12.1. The second kappa shape index (κ2) is 6.68. The van der Waals surface area contributed by atoms with E-state index >= 15 is 0 Å². The fraction of sp³-hybridized carbons (Fsp3) is 0.519. The van der Waals surface area contributed by atoms with Crippen LogP contribution in [-0.4, -0.2) is 21.6 Å². The molecular weight excluding hydrogens is 372 g/mol. The van der Waals surface area contributed by atoms with Crippen LogP contribution in [0.1, 0.15) is 70.3 Å². The first-order valence-electron chi connectivity index (χ1n) is 11.4. The predicted octanol–water partition coefficient (Wildman–Crippen LogP) is 5.60. The normalized spacial score (nSPS) is 37.9. The summed E-state index contributed by atoms with van der Waals surface area (Å²) in [4.78, 5) is 12.1. The summed E-state index contributed by atoms with van der Waals surface area (Å²) in [7, 11) is 0. The molecule has 0 bridgehead atoms. The number of phenols is 1. The van der Waals surface area contributed by atoms with E-state index in [4.69, 9.17) is 0 Å². The Labute approximate surface area is 179 Å². The second-order valence-electron chi connectivity index (χ2n) is 10.3. The van der Waals surface area contributed by atoms with Gasteiger partial charge < -0.3 is 10.2 Å². The molecule has 0 saturated heterocycles. The maximum atomic E-state index is 12.1. The number of hydrogen-bond donors (Lipinski definition) is 2. The third kappa shape index (κ3) is 2.64. The summed E-state index contributed by atoms with van der Waals surface area (Å²) in [6.45, 7) is 8.45. The van der Waals surface area contributed by atoms with Gasteiger partial charge in [0.1, 0.15) is 5.75 Å². The Kier molecular flexibility index (Phi) is 4.41. The van der Waals surface area contributed by atoms with Crippen LogP contribution >= 0.6 is 0 Å². The monoisotopic (exact) mass is 404 g/mol. The van der Waals surface area contributed by atoms with Crippen LogP contribution in [0.2, 0.25) is 0 Å². The van der Waals surface area contributed by atoms with Crippen molar-refractivity contribution in [2.24, 2.45) is 17.3 Å². The summed E-state index contributed by atoms with van der Waals surface area (Å²) < 4.78 is 0. The molecule has 4 aliphatic carbocycles. The van der Waals surface area contributed by atoms with E-state index in [9.17, 15) is 15.0 Å². The first kappa shape index (κ1) is 19.8. The minimum atomic E-state index is -0.832. The largest absolute Gasteiger partial charge is 0.508 e. The standard InChI is InChI=1S/C27H32O3/c1-16(2)27(30)13-12-24-22-10-6-18-14-20(29)9-11-21(18)25(22)23(15-26(24,27)3)17-4-7-19(28)8-5-17/h4-5,7-8,14,22-24,28,30H,1,6,9-13,15H2,2-3H3/t22-,23+,24-,26-,27+/m0/s1. The van der Waals surface area contributed by atoms with E-state index in [1.54, 1.807) is 12.1 Å². The molecule has 2 fully saturated rings. The number of rotatable bonds is 2. The predicted molar refractivity (Wildman–Crippen MR) is 118 cm³/mol. The SMILES string of the molecule is C=C(C)[C@]1(O)CC[C@H]2[C@@H]3CCC4=CC(=O)CCC4=C3[C@@H](c3ccc(O)cc3)C[C@@]21C. The van der Waals surface area contributed by atoms with Gasteiger partial charge >= 0.3 is 0 Å². The number of hydrogen-bond acceptors (Lipinski definition) is 3. The topological polar surface area (TPSA) is 57.5 Å². The fourth-order valence-electron chi connectivity index (χ4n) is 7.37. The van der Waals surface area contributed by atoms with Crippen molar-refractivity contribution in [3.05, 3.63) is 64.8 Å². The quantitative estimate of drug-likeness (QED) is 0.631. The van der Waals surface area contributed by atoms with Crippen LogP contribution in [0.5, 0.6) is 5.75 Å². The minimum absolute atomic E-state index is 0.202. The molecule has 0 aliphatic heterocycles. The number of ketones is 1. The van der Waals surface area contributed by atoms with Gasteiger partial charge in [0, 0.05) is 17.8 Å². The molecule has 1 aromatic carbocycles. The van der Waals surface area contributed by atoms with E-state index in [1.807, 2.05) is 25.1 Å². The van der Waals surface area contributed by atoms with Crippen LogP contribution in [0.4, 0.5) is 0 Å². The van der Waals surface area contributed by atoms with Crippen molar-refractivity contribution >= 4 is 5.78 Å². The molecule has 5 atom stereocenters. The number of carbonyl (C=O) groups excluding carboxylic acids is 1. The molecule has 5 rings (SSSR count). The van der Waals surface area contributed by atoms with Crippen molar-refractivity contribution in [3.8, 4) is 5.75 Å². The lowest BCUT2D eigenvalue weighted by Gasteiger charge is -2.55. The number of carbonyl (C=O) groups is 1. The molecular formula is C27H32O3. The molecule has 3 nitrogen and oxygen atoms in total. The lowest BCUT2D eigenvalue weighted by molar-refractivity contribution is -0.114. The summed E-state index contributed by atoms with van der Waals surface area (Å²) in [5.74, 6) is 1.62. The van der Waals surface area contributed by atoms with Crippen molar-refractivity contribution in [3.63, 3.8) is 0 Å². The summed E-state index contributed by atoms with van der Waals surface area (Å²) in [5.41, 5.74) is 5.21. The van der Waals surface area contributed by atoms with Gasteiger partial charge in [-0.15, -0.1) is 0 Å². The Bertz CT molecular complexity index is 982. The Morgan fingerprint density at radius 3 is 2.57 bits per heavy atom. The summed E-state index contributed by atoms with van der Waals surface area (Å²) in [6, 6.07) is 7.62. The van der Waals surface area contributed by atoms with Crippen molar-refractivity contribution in [1.29, 1.82) is 0 Å². The molecule has 0 spiro atoms. The van der Waals surface area contributed by atoms with Gasteiger partial charge in [-0.2, -0.15) is 0 Å². The number of benzene rings is 1. The molecule has 4 aliphatic rings. The van der Waals surface area contributed by atoms with Crippen LogP contribution in [0.3, 0.4) is 0 Å². The van der Waals surface area contributed by atoms with Gasteiger partial charge in [0.25, 0.3) is 0 Å². The molecule has 3 heteroatoms. The summed E-state index contributed by atoms with van der Waals surface area (Å²) in [6.07, 6.45) is 8.06. The van der Waals surface area contributed by atoms with Gasteiger partial charge in [0.15, 0.2) is 5.78 Å². The lowest BCUT2D eigenvalue weighted by Crippen LogP contribution is -2.52. The van der Waals surface area contributed by atoms with Gasteiger partial charge in [-0.3, -0.25) is 4.79 Å². The fourth-order valence-corrected chi connectivity index (χ4v) is 7.37. The third-order valence-electron chi connectivity index (χ3n) is 8.89. The highest BCUT2D eigenvalue weighted by atomic mass is 16.3. The van der Waals surface area contributed by atoms with Crippen LogP contribution in [0.25, 0.3) is 0 Å². The highest BCUT2D eigenvalue weighted by Crippen LogP contribution is 2.67. The van der Waals surface area contributed by atoms with E-state index < -0.39 is 5.60 Å². The number of fused-ring (bicyclic) bond motifs is 4. The number of aromatic hydroxyl groups is 1. The van der Waals surface area contributed by atoms with Gasteiger partial charge in [0.05, 0.1) is 5.60 Å². The molecule has 2 saturated carbocycles. The van der Waals surface area contributed by atoms with Crippen LogP contribution < -0.4 is 0 Å². The average molecular weight is 405 g/mol. The van der Waals surface area contributed by atoms with Crippen molar-refractivity contribution in [2.75, 3.05) is 0 Å². The van der Waals surface area contributed by atoms with Gasteiger partial charge in [-0.05, 0) is 97.8 Å². The van der Waals surface area contributed by atoms with Gasteiger partial charge in [0.2, 0.25) is 0 Å². The Hall–Kier alpha value is -2.13. The molecule has 1 aromatic rings. The summed E-state index contributed by atoms with van der Waals surface area (Å²) in [5, 5.41) is 21.6.